The summed E-state index contributed by atoms with van der Waals surface area (Å²) in [6, 6.07) is 15.1. The zero-order chi connectivity index (χ0) is 18.8. The number of hydrogen-bond acceptors (Lipinski definition) is 4. The second-order valence-corrected chi connectivity index (χ2v) is 7.35. The predicted octanol–water partition coefficient (Wildman–Crippen LogP) is 4.13. The molecule has 2 aromatic rings. The first-order valence-corrected chi connectivity index (χ1v) is 9.94. The van der Waals surface area contributed by atoms with Gasteiger partial charge >= 0.3 is 5.97 Å². The Bertz CT molecular complexity index is 721. The molecule has 0 atom stereocenters. The number of benzene rings is 2. The van der Waals surface area contributed by atoms with E-state index in [1.54, 1.807) is 30.0 Å². The summed E-state index contributed by atoms with van der Waals surface area (Å²) in [7, 11) is 0. The van der Waals surface area contributed by atoms with Gasteiger partial charge in [0.2, 0.25) is 0 Å². The lowest BCUT2D eigenvalue weighted by Crippen LogP contribution is -2.30. The first kappa shape index (κ1) is 20.6. The average Bonchev–Trinajstić information content (AvgIpc) is 2.64. The number of esters is 1. The standard InChI is InChI=1S/C19H19Cl2NO3S/c20-16-7-4-8-17(21)15(16)11-19(24)25-12-18(23)22-9-10-26-13-14-5-2-1-3-6-14/h1-8H,9-13H2,(H,22,23). The molecule has 0 saturated heterocycles. The summed E-state index contributed by atoms with van der Waals surface area (Å²) in [6.07, 6.45) is -0.0707. The largest absolute Gasteiger partial charge is 0.455 e. The summed E-state index contributed by atoms with van der Waals surface area (Å²) < 4.78 is 4.97. The smallest absolute Gasteiger partial charge is 0.310 e. The Labute approximate surface area is 167 Å². The highest BCUT2D eigenvalue weighted by atomic mass is 35.5. The van der Waals surface area contributed by atoms with Crippen LogP contribution in [0.1, 0.15) is 11.1 Å². The Morgan fingerprint density at radius 1 is 1.00 bits per heavy atom. The van der Waals surface area contributed by atoms with Crippen LogP contribution in [0.25, 0.3) is 0 Å². The summed E-state index contributed by atoms with van der Waals surface area (Å²) in [5.74, 6) is 0.797. The van der Waals surface area contributed by atoms with E-state index in [1.807, 2.05) is 18.2 Å². The number of ether oxygens (including phenoxy) is 1. The summed E-state index contributed by atoms with van der Waals surface area (Å²) in [6.45, 7) is 0.203. The van der Waals surface area contributed by atoms with Crippen LogP contribution >= 0.6 is 35.0 Å². The van der Waals surface area contributed by atoms with E-state index in [0.29, 0.717) is 22.2 Å². The molecule has 0 aromatic heterocycles. The number of carbonyl (C=O) groups excluding carboxylic acids is 2. The van der Waals surface area contributed by atoms with Crippen LogP contribution < -0.4 is 5.32 Å². The Hall–Kier alpha value is -1.69. The average molecular weight is 412 g/mol. The van der Waals surface area contributed by atoms with Gasteiger partial charge in [-0.15, -0.1) is 0 Å². The van der Waals surface area contributed by atoms with E-state index in [0.717, 1.165) is 11.5 Å². The van der Waals surface area contributed by atoms with Gasteiger partial charge in [0.1, 0.15) is 0 Å². The van der Waals surface area contributed by atoms with Gasteiger partial charge < -0.3 is 10.1 Å². The van der Waals surface area contributed by atoms with Gasteiger partial charge in [-0.05, 0) is 17.7 Å². The van der Waals surface area contributed by atoms with Crippen LogP contribution in [0.2, 0.25) is 10.0 Å². The van der Waals surface area contributed by atoms with Gasteiger partial charge in [-0.1, -0.05) is 59.6 Å². The first-order chi connectivity index (χ1) is 12.6. The van der Waals surface area contributed by atoms with Crippen LogP contribution in [0.4, 0.5) is 0 Å². The number of carbonyl (C=O) groups is 2. The predicted molar refractivity (Wildman–Crippen MR) is 107 cm³/mol. The van der Waals surface area contributed by atoms with Crippen LogP contribution in [-0.4, -0.2) is 30.8 Å². The molecule has 0 bridgehead atoms. The molecule has 0 aliphatic carbocycles. The molecule has 0 heterocycles. The van der Waals surface area contributed by atoms with Crippen molar-refractivity contribution >= 4 is 46.8 Å². The summed E-state index contributed by atoms with van der Waals surface area (Å²) in [5, 5.41) is 3.52. The quantitative estimate of drug-likeness (QED) is 0.497. The van der Waals surface area contributed by atoms with Crippen LogP contribution in [0.15, 0.2) is 48.5 Å². The maximum atomic E-state index is 11.8. The third-order valence-electron chi connectivity index (χ3n) is 3.43. The molecule has 0 saturated carbocycles. The van der Waals surface area contributed by atoms with E-state index in [4.69, 9.17) is 27.9 Å². The van der Waals surface area contributed by atoms with Gasteiger partial charge in [0, 0.05) is 33.7 Å². The summed E-state index contributed by atoms with van der Waals surface area (Å²) in [5.41, 5.74) is 1.74. The number of hydrogen-bond donors (Lipinski definition) is 1. The van der Waals surface area contributed by atoms with Crippen molar-refractivity contribution in [1.29, 1.82) is 0 Å². The molecular formula is C19H19Cl2NO3S. The molecule has 4 nitrogen and oxygen atoms in total. The van der Waals surface area contributed by atoms with Crippen molar-refractivity contribution in [1.82, 2.24) is 5.32 Å². The van der Waals surface area contributed by atoms with E-state index >= 15 is 0 Å². The molecule has 26 heavy (non-hydrogen) atoms. The highest BCUT2D eigenvalue weighted by Crippen LogP contribution is 2.24. The second kappa shape index (κ2) is 11.1. The molecule has 2 rings (SSSR count). The molecular weight excluding hydrogens is 393 g/mol. The third kappa shape index (κ3) is 7.28. The summed E-state index contributed by atoms with van der Waals surface area (Å²) >= 11 is 13.7. The van der Waals surface area contributed by atoms with Gasteiger partial charge in [-0.25, -0.2) is 0 Å². The maximum Gasteiger partial charge on any atom is 0.310 e. The van der Waals surface area contributed by atoms with Crippen LogP contribution in [0, 0.1) is 0 Å². The van der Waals surface area contributed by atoms with Crippen molar-refractivity contribution in [2.24, 2.45) is 0 Å². The van der Waals surface area contributed by atoms with Crippen molar-refractivity contribution in [2.75, 3.05) is 18.9 Å². The summed E-state index contributed by atoms with van der Waals surface area (Å²) in [4.78, 5) is 23.5. The topological polar surface area (TPSA) is 55.4 Å². The molecule has 0 aliphatic heterocycles. The normalized spacial score (nSPS) is 10.4. The Kier molecular flexibility index (Phi) is 8.81. The van der Waals surface area contributed by atoms with Gasteiger partial charge in [0.25, 0.3) is 5.91 Å². The molecule has 7 heteroatoms. The zero-order valence-corrected chi connectivity index (χ0v) is 16.4. The highest BCUT2D eigenvalue weighted by molar-refractivity contribution is 7.98. The van der Waals surface area contributed by atoms with Gasteiger partial charge in [0.15, 0.2) is 6.61 Å². The van der Waals surface area contributed by atoms with Crippen molar-refractivity contribution < 1.29 is 14.3 Å². The van der Waals surface area contributed by atoms with Crippen molar-refractivity contribution in [3.63, 3.8) is 0 Å². The zero-order valence-electron chi connectivity index (χ0n) is 14.0. The van der Waals surface area contributed by atoms with Crippen LogP contribution in [-0.2, 0) is 26.5 Å². The maximum absolute atomic E-state index is 11.8. The Balaban J connectivity index is 1.60. The van der Waals surface area contributed by atoms with Crippen molar-refractivity contribution in [2.45, 2.75) is 12.2 Å². The molecule has 0 spiro atoms. The van der Waals surface area contributed by atoms with Crippen LogP contribution in [0.5, 0.6) is 0 Å². The molecule has 0 radical (unpaired) electrons. The minimum atomic E-state index is -0.548. The van der Waals surface area contributed by atoms with E-state index < -0.39 is 5.97 Å². The molecule has 138 valence electrons. The molecule has 0 fully saturated rings. The van der Waals surface area contributed by atoms with Crippen molar-refractivity contribution in [3.8, 4) is 0 Å². The van der Waals surface area contributed by atoms with E-state index in [9.17, 15) is 9.59 Å². The SMILES string of the molecule is O=C(COC(=O)Cc1c(Cl)cccc1Cl)NCCSCc1ccccc1. The van der Waals surface area contributed by atoms with Gasteiger partial charge in [-0.3, -0.25) is 9.59 Å². The number of halogens is 2. The van der Waals surface area contributed by atoms with Gasteiger partial charge in [-0.2, -0.15) is 11.8 Å². The van der Waals surface area contributed by atoms with E-state index in [1.165, 1.54) is 5.56 Å². The lowest BCUT2D eigenvalue weighted by atomic mass is 10.1. The first-order valence-electron chi connectivity index (χ1n) is 8.03. The van der Waals surface area contributed by atoms with Crippen LogP contribution in [0.3, 0.4) is 0 Å². The molecule has 0 aliphatic rings. The Morgan fingerprint density at radius 2 is 1.69 bits per heavy atom. The molecule has 2 aromatic carbocycles. The molecule has 1 N–H and O–H groups in total. The van der Waals surface area contributed by atoms with Crippen molar-refractivity contribution in [3.05, 3.63) is 69.7 Å². The number of amides is 1. The second-order valence-electron chi connectivity index (χ2n) is 5.43. The minimum absolute atomic E-state index is 0.0707. The highest BCUT2D eigenvalue weighted by Gasteiger charge is 2.13. The minimum Gasteiger partial charge on any atom is -0.455 e. The van der Waals surface area contributed by atoms with Gasteiger partial charge in [0.05, 0.1) is 6.42 Å². The van der Waals surface area contributed by atoms with E-state index in [-0.39, 0.29) is 18.9 Å². The fraction of sp³-hybridized carbons (Fsp3) is 0.263. The third-order valence-corrected chi connectivity index (χ3v) is 5.17. The molecule has 1 amide bonds. The fourth-order valence-corrected chi connectivity index (χ4v) is 3.47. The number of thioether (sulfide) groups is 1. The molecule has 0 unspecified atom stereocenters. The lowest BCUT2D eigenvalue weighted by molar-refractivity contribution is -0.147. The van der Waals surface area contributed by atoms with E-state index in [2.05, 4.69) is 17.4 Å². The lowest BCUT2D eigenvalue weighted by Gasteiger charge is -2.08. The number of nitrogens with one attached hydrogen (secondary N) is 1. The number of rotatable bonds is 9. The fourth-order valence-electron chi connectivity index (χ4n) is 2.12. The Morgan fingerprint density at radius 3 is 2.38 bits per heavy atom. The monoisotopic (exact) mass is 411 g/mol.